The molecule has 0 aromatic heterocycles. The van der Waals surface area contributed by atoms with Crippen LogP contribution in [0.2, 0.25) is 0 Å². The Bertz CT molecular complexity index is 325. The van der Waals surface area contributed by atoms with E-state index in [-0.39, 0.29) is 18.6 Å². The van der Waals surface area contributed by atoms with Gasteiger partial charge < -0.3 is 15.2 Å². The van der Waals surface area contributed by atoms with Crippen molar-refractivity contribution in [3.8, 4) is 0 Å². The SMILES string of the molecule is CC(C)(C)OC(=O)CCNC1CCN(CC(=O)O)C1. The molecule has 0 radical (unpaired) electrons. The van der Waals surface area contributed by atoms with E-state index in [0.717, 1.165) is 19.5 Å². The summed E-state index contributed by atoms with van der Waals surface area (Å²) in [6.45, 7) is 7.71. The highest BCUT2D eigenvalue weighted by molar-refractivity contribution is 5.70. The van der Waals surface area contributed by atoms with Crippen LogP contribution in [0.3, 0.4) is 0 Å². The zero-order chi connectivity index (χ0) is 14.5. The van der Waals surface area contributed by atoms with E-state index in [1.807, 2.05) is 25.7 Å². The van der Waals surface area contributed by atoms with Crippen LogP contribution in [0.1, 0.15) is 33.6 Å². The predicted octanol–water partition coefficient (Wildman–Crippen LogP) is 0.467. The van der Waals surface area contributed by atoms with Crippen molar-refractivity contribution in [2.24, 2.45) is 0 Å². The van der Waals surface area contributed by atoms with Crippen LogP contribution >= 0.6 is 0 Å². The lowest BCUT2D eigenvalue weighted by Crippen LogP contribution is -2.36. The number of rotatable bonds is 6. The van der Waals surface area contributed by atoms with E-state index >= 15 is 0 Å². The van der Waals surface area contributed by atoms with Gasteiger partial charge in [-0.3, -0.25) is 14.5 Å². The summed E-state index contributed by atoms with van der Waals surface area (Å²) in [6, 6.07) is 0.266. The third kappa shape index (κ3) is 7.12. The number of carbonyl (C=O) groups is 2. The number of aliphatic carboxylic acids is 1. The molecule has 0 amide bonds. The van der Waals surface area contributed by atoms with Crippen LogP contribution in [0.25, 0.3) is 0 Å². The molecule has 1 atom stereocenters. The standard InChI is InChI=1S/C13H24N2O4/c1-13(2,3)19-12(18)4-6-14-10-5-7-15(8-10)9-11(16)17/h10,14H,4-9H2,1-3H3,(H,16,17). The van der Waals surface area contributed by atoms with Gasteiger partial charge in [-0.2, -0.15) is 0 Å². The van der Waals surface area contributed by atoms with Crippen molar-refractivity contribution in [1.82, 2.24) is 10.2 Å². The monoisotopic (exact) mass is 272 g/mol. The van der Waals surface area contributed by atoms with E-state index in [1.54, 1.807) is 0 Å². The third-order valence-corrected chi connectivity index (χ3v) is 2.81. The molecule has 6 nitrogen and oxygen atoms in total. The number of nitrogens with zero attached hydrogens (tertiary/aromatic N) is 1. The largest absolute Gasteiger partial charge is 0.480 e. The minimum Gasteiger partial charge on any atom is -0.480 e. The Labute approximate surface area is 114 Å². The van der Waals surface area contributed by atoms with Gasteiger partial charge in [0.2, 0.25) is 0 Å². The van der Waals surface area contributed by atoms with Crippen molar-refractivity contribution in [3.05, 3.63) is 0 Å². The average Bonchev–Trinajstić information content (AvgIpc) is 2.61. The van der Waals surface area contributed by atoms with Gasteiger partial charge in [-0.05, 0) is 27.2 Å². The lowest BCUT2D eigenvalue weighted by atomic mass is 10.2. The Morgan fingerprint density at radius 3 is 2.68 bits per heavy atom. The normalized spacial score (nSPS) is 20.5. The maximum absolute atomic E-state index is 11.5. The fourth-order valence-electron chi connectivity index (χ4n) is 2.11. The molecule has 0 aliphatic carbocycles. The average molecular weight is 272 g/mol. The summed E-state index contributed by atoms with van der Waals surface area (Å²) in [4.78, 5) is 24.0. The molecule has 1 rings (SSSR count). The number of carboxylic acid groups (broad SMARTS) is 1. The number of esters is 1. The fourth-order valence-corrected chi connectivity index (χ4v) is 2.11. The zero-order valence-corrected chi connectivity index (χ0v) is 11.9. The highest BCUT2D eigenvalue weighted by atomic mass is 16.6. The van der Waals surface area contributed by atoms with E-state index < -0.39 is 11.6 Å². The summed E-state index contributed by atoms with van der Waals surface area (Å²) in [5.41, 5.74) is -0.442. The van der Waals surface area contributed by atoms with Crippen LogP contribution in [0, 0.1) is 0 Å². The number of ether oxygens (including phenoxy) is 1. The molecule has 0 aromatic carbocycles. The smallest absolute Gasteiger partial charge is 0.317 e. The van der Waals surface area contributed by atoms with Crippen LogP contribution in [-0.4, -0.2) is 59.8 Å². The van der Waals surface area contributed by atoms with Crippen LogP contribution in [0.15, 0.2) is 0 Å². The van der Waals surface area contributed by atoms with Crippen LogP contribution in [0.4, 0.5) is 0 Å². The number of hydrogen-bond donors (Lipinski definition) is 2. The molecule has 0 aromatic rings. The molecule has 0 saturated carbocycles. The minimum absolute atomic E-state index is 0.0875. The van der Waals surface area contributed by atoms with Crippen molar-refractivity contribution in [1.29, 1.82) is 0 Å². The number of carboxylic acids is 1. The summed E-state index contributed by atoms with van der Waals surface area (Å²) < 4.78 is 5.21. The second-order valence-corrected chi connectivity index (χ2v) is 5.91. The van der Waals surface area contributed by atoms with Gasteiger partial charge >= 0.3 is 11.9 Å². The van der Waals surface area contributed by atoms with Gasteiger partial charge in [-0.15, -0.1) is 0 Å². The molecule has 1 aliphatic heterocycles. The van der Waals surface area contributed by atoms with E-state index in [9.17, 15) is 9.59 Å². The van der Waals surface area contributed by atoms with E-state index in [0.29, 0.717) is 13.0 Å². The first kappa shape index (κ1) is 15.9. The van der Waals surface area contributed by atoms with E-state index in [1.165, 1.54) is 0 Å². The van der Waals surface area contributed by atoms with Gasteiger partial charge in [-0.1, -0.05) is 0 Å². The van der Waals surface area contributed by atoms with Crippen LogP contribution in [0.5, 0.6) is 0 Å². The first-order valence-electron chi connectivity index (χ1n) is 6.65. The number of likely N-dealkylation sites (tertiary alicyclic amines) is 1. The van der Waals surface area contributed by atoms with Crippen LogP contribution < -0.4 is 5.32 Å². The first-order valence-corrected chi connectivity index (χ1v) is 6.65. The molecular formula is C13H24N2O4. The zero-order valence-electron chi connectivity index (χ0n) is 11.9. The predicted molar refractivity (Wildman–Crippen MR) is 70.9 cm³/mol. The van der Waals surface area contributed by atoms with Crippen molar-refractivity contribution in [2.75, 3.05) is 26.2 Å². The van der Waals surface area contributed by atoms with Crippen LogP contribution in [-0.2, 0) is 14.3 Å². The topological polar surface area (TPSA) is 78.9 Å². The third-order valence-electron chi connectivity index (χ3n) is 2.81. The Kier molecular flexibility index (Phi) is 5.75. The molecule has 110 valence electrons. The highest BCUT2D eigenvalue weighted by Gasteiger charge is 2.23. The van der Waals surface area contributed by atoms with Gasteiger partial charge in [0.15, 0.2) is 0 Å². The quantitative estimate of drug-likeness (QED) is 0.684. The lowest BCUT2D eigenvalue weighted by Gasteiger charge is -2.20. The Morgan fingerprint density at radius 1 is 1.42 bits per heavy atom. The van der Waals surface area contributed by atoms with Gasteiger partial charge in [0, 0.05) is 25.7 Å². The maximum atomic E-state index is 11.5. The second kappa shape index (κ2) is 6.86. The van der Waals surface area contributed by atoms with E-state index in [2.05, 4.69) is 5.32 Å². The molecule has 1 aliphatic rings. The number of nitrogens with one attached hydrogen (secondary N) is 1. The molecule has 1 saturated heterocycles. The van der Waals surface area contributed by atoms with Gasteiger partial charge in [0.25, 0.3) is 0 Å². The maximum Gasteiger partial charge on any atom is 0.317 e. The molecule has 19 heavy (non-hydrogen) atoms. The van der Waals surface area contributed by atoms with Gasteiger partial charge in [0.05, 0.1) is 13.0 Å². The highest BCUT2D eigenvalue weighted by Crippen LogP contribution is 2.10. The molecular weight excluding hydrogens is 248 g/mol. The molecule has 1 fully saturated rings. The lowest BCUT2D eigenvalue weighted by molar-refractivity contribution is -0.154. The molecule has 2 N–H and O–H groups in total. The van der Waals surface area contributed by atoms with Gasteiger partial charge in [-0.25, -0.2) is 0 Å². The summed E-state index contributed by atoms with van der Waals surface area (Å²) in [5.74, 6) is -1.00. The minimum atomic E-state index is -0.797. The summed E-state index contributed by atoms with van der Waals surface area (Å²) in [6.07, 6.45) is 1.26. The van der Waals surface area contributed by atoms with E-state index in [4.69, 9.17) is 9.84 Å². The van der Waals surface area contributed by atoms with Crippen molar-refractivity contribution in [2.45, 2.75) is 45.3 Å². The second-order valence-electron chi connectivity index (χ2n) is 5.91. The van der Waals surface area contributed by atoms with Crippen molar-refractivity contribution < 1.29 is 19.4 Å². The molecule has 1 heterocycles. The molecule has 0 bridgehead atoms. The van der Waals surface area contributed by atoms with Crippen molar-refractivity contribution in [3.63, 3.8) is 0 Å². The molecule has 6 heteroatoms. The summed E-state index contributed by atoms with van der Waals surface area (Å²) in [7, 11) is 0. The Morgan fingerprint density at radius 2 is 2.11 bits per heavy atom. The fraction of sp³-hybridized carbons (Fsp3) is 0.846. The summed E-state index contributed by atoms with van der Waals surface area (Å²) in [5, 5.41) is 12.0. The van der Waals surface area contributed by atoms with Gasteiger partial charge in [0.1, 0.15) is 5.60 Å². The summed E-state index contributed by atoms with van der Waals surface area (Å²) >= 11 is 0. The van der Waals surface area contributed by atoms with Crippen molar-refractivity contribution >= 4 is 11.9 Å². The molecule has 0 spiro atoms. The number of hydrogen-bond acceptors (Lipinski definition) is 5. The first-order chi connectivity index (χ1) is 8.76. The Balaban J connectivity index is 2.14. The Hall–Kier alpha value is -1.14. The number of carbonyl (C=O) groups excluding carboxylic acids is 1. The molecule has 1 unspecified atom stereocenters.